The van der Waals surface area contributed by atoms with Gasteiger partial charge < -0.3 is 0 Å². The van der Waals surface area contributed by atoms with E-state index < -0.39 is 12.7 Å². The van der Waals surface area contributed by atoms with Gasteiger partial charge in [0.2, 0.25) is 0 Å². The lowest BCUT2D eigenvalue weighted by atomic mass is 9.78. The molecule has 15 heavy (non-hydrogen) atoms. The van der Waals surface area contributed by atoms with Gasteiger partial charge in [-0.2, -0.15) is 13.2 Å². The summed E-state index contributed by atoms with van der Waals surface area (Å²) in [5.41, 5.74) is 0. The van der Waals surface area contributed by atoms with E-state index in [4.69, 9.17) is 0 Å². The first-order valence-corrected chi connectivity index (χ1v) is 5.87. The van der Waals surface area contributed by atoms with Crippen molar-refractivity contribution >= 4 is 0 Å². The van der Waals surface area contributed by atoms with E-state index in [1.807, 2.05) is 0 Å². The zero-order valence-electron chi connectivity index (χ0n) is 8.89. The van der Waals surface area contributed by atoms with Gasteiger partial charge in [-0.3, -0.25) is 4.90 Å². The van der Waals surface area contributed by atoms with E-state index in [2.05, 4.69) is 0 Å². The van der Waals surface area contributed by atoms with Crippen LogP contribution in [0.2, 0.25) is 0 Å². The minimum atomic E-state index is -4.03. The molecule has 0 radical (unpaired) electrons. The Bertz CT molecular complexity index is 212. The Hall–Kier alpha value is -0.250. The maximum Gasteiger partial charge on any atom is 0.401 e. The molecule has 0 aromatic rings. The van der Waals surface area contributed by atoms with Crippen molar-refractivity contribution in [3.05, 3.63) is 0 Å². The monoisotopic (exact) mass is 221 g/mol. The molecule has 0 N–H and O–H groups in total. The van der Waals surface area contributed by atoms with Crippen LogP contribution in [0.15, 0.2) is 0 Å². The van der Waals surface area contributed by atoms with E-state index in [1.165, 1.54) is 6.42 Å². The van der Waals surface area contributed by atoms with Gasteiger partial charge in [-0.15, -0.1) is 0 Å². The summed E-state index contributed by atoms with van der Waals surface area (Å²) in [5, 5.41) is 0. The molecular formula is C11H18F3N. The number of rotatable bonds is 1. The molecule has 1 saturated heterocycles. The van der Waals surface area contributed by atoms with Crippen LogP contribution in [0.5, 0.6) is 0 Å². The molecule has 0 aromatic heterocycles. The van der Waals surface area contributed by atoms with Crippen LogP contribution >= 0.6 is 0 Å². The van der Waals surface area contributed by atoms with Gasteiger partial charge in [0.25, 0.3) is 0 Å². The van der Waals surface area contributed by atoms with E-state index in [0.717, 1.165) is 32.1 Å². The summed E-state index contributed by atoms with van der Waals surface area (Å²) in [7, 11) is 0. The Morgan fingerprint density at radius 2 is 1.67 bits per heavy atom. The lowest BCUT2D eigenvalue weighted by Crippen LogP contribution is -2.50. The molecule has 2 fully saturated rings. The third-order valence-corrected chi connectivity index (χ3v) is 3.74. The van der Waals surface area contributed by atoms with Crippen molar-refractivity contribution in [2.24, 2.45) is 5.92 Å². The van der Waals surface area contributed by atoms with Gasteiger partial charge in [-0.05, 0) is 38.1 Å². The van der Waals surface area contributed by atoms with Crippen LogP contribution in [0.25, 0.3) is 0 Å². The zero-order chi connectivity index (χ0) is 10.9. The molecule has 1 saturated carbocycles. The summed E-state index contributed by atoms with van der Waals surface area (Å²) in [4.78, 5) is 1.67. The highest BCUT2D eigenvalue weighted by Gasteiger charge is 2.39. The average Bonchev–Trinajstić information content (AvgIpc) is 2.16. The van der Waals surface area contributed by atoms with E-state index >= 15 is 0 Å². The summed E-state index contributed by atoms with van der Waals surface area (Å²) in [6.45, 7) is -0.0607. The molecule has 2 atom stereocenters. The van der Waals surface area contributed by atoms with Crippen molar-refractivity contribution < 1.29 is 13.2 Å². The first kappa shape index (κ1) is 11.2. The van der Waals surface area contributed by atoms with Gasteiger partial charge in [-0.25, -0.2) is 0 Å². The van der Waals surface area contributed by atoms with Crippen molar-refractivity contribution in [2.45, 2.75) is 50.7 Å². The number of likely N-dealkylation sites (tertiary alicyclic amines) is 1. The molecule has 0 spiro atoms. The minimum absolute atomic E-state index is 0.217. The second-order valence-corrected chi connectivity index (χ2v) is 4.84. The molecule has 1 aliphatic heterocycles. The lowest BCUT2D eigenvalue weighted by molar-refractivity contribution is -0.158. The van der Waals surface area contributed by atoms with Crippen molar-refractivity contribution in [3.63, 3.8) is 0 Å². The van der Waals surface area contributed by atoms with Gasteiger partial charge in [0.15, 0.2) is 0 Å². The summed E-state index contributed by atoms with van der Waals surface area (Å²) in [6, 6.07) is 0.217. The molecule has 2 rings (SSSR count). The standard InChI is InChI=1S/C11H18F3N/c12-11(13,14)8-15-7-3-5-9-4-1-2-6-10(9)15/h9-10H,1-8H2/t9-,10+/m0/s1. The Balaban J connectivity index is 1.97. The van der Waals surface area contributed by atoms with E-state index in [1.54, 1.807) is 4.90 Å². The Labute approximate surface area is 88.6 Å². The fraction of sp³-hybridized carbons (Fsp3) is 1.00. The van der Waals surface area contributed by atoms with Gasteiger partial charge in [0.05, 0.1) is 6.54 Å². The number of alkyl halides is 3. The smallest absolute Gasteiger partial charge is 0.292 e. The lowest BCUT2D eigenvalue weighted by Gasteiger charge is -2.44. The fourth-order valence-electron chi connectivity index (χ4n) is 3.15. The molecule has 0 aromatic carbocycles. The van der Waals surface area contributed by atoms with E-state index in [0.29, 0.717) is 12.5 Å². The molecular weight excluding hydrogens is 203 g/mol. The summed E-state index contributed by atoms with van der Waals surface area (Å²) >= 11 is 0. The summed E-state index contributed by atoms with van der Waals surface area (Å²) in [5.74, 6) is 0.537. The molecule has 0 bridgehead atoms. The van der Waals surface area contributed by atoms with Crippen LogP contribution in [0.3, 0.4) is 0 Å². The molecule has 0 amide bonds. The molecule has 4 heteroatoms. The van der Waals surface area contributed by atoms with Crippen LogP contribution < -0.4 is 0 Å². The topological polar surface area (TPSA) is 3.24 Å². The van der Waals surface area contributed by atoms with Crippen LogP contribution in [0, 0.1) is 5.92 Å². The molecule has 2 aliphatic rings. The van der Waals surface area contributed by atoms with Crippen LogP contribution in [-0.2, 0) is 0 Å². The second kappa shape index (κ2) is 4.32. The van der Waals surface area contributed by atoms with Crippen LogP contribution in [0.4, 0.5) is 13.2 Å². The van der Waals surface area contributed by atoms with Gasteiger partial charge in [0.1, 0.15) is 0 Å². The largest absolute Gasteiger partial charge is 0.401 e. The summed E-state index contributed by atoms with van der Waals surface area (Å²) in [6.07, 6.45) is 2.48. The predicted octanol–water partition coefficient (Wildman–Crippen LogP) is 3.20. The number of fused-ring (bicyclic) bond motifs is 1. The third-order valence-electron chi connectivity index (χ3n) is 3.74. The number of piperidine rings is 1. The maximum atomic E-state index is 12.4. The quantitative estimate of drug-likeness (QED) is 0.657. The number of nitrogens with zero attached hydrogens (tertiary/aromatic N) is 1. The van der Waals surface area contributed by atoms with Gasteiger partial charge >= 0.3 is 6.18 Å². The van der Waals surface area contributed by atoms with E-state index in [-0.39, 0.29) is 6.04 Å². The first-order valence-electron chi connectivity index (χ1n) is 5.87. The highest BCUT2D eigenvalue weighted by molar-refractivity contribution is 4.88. The number of hydrogen-bond acceptors (Lipinski definition) is 1. The fourth-order valence-corrected chi connectivity index (χ4v) is 3.15. The van der Waals surface area contributed by atoms with E-state index in [9.17, 15) is 13.2 Å². The number of halogens is 3. The SMILES string of the molecule is FC(F)(F)CN1CCC[C@@H]2CCCC[C@H]21. The van der Waals surface area contributed by atoms with Crippen LogP contribution in [0.1, 0.15) is 38.5 Å². The Morgan fingerprint density at radius 3 is 2.40 bits per heavy atom. The third kappa shape index (κ3) is 2.86. The molecule has 1 heterocycles. The Kier molecular flexibility index (Phi) is 3.24. The maximum absolute atomic E-state index is 12.4. The zero-order valence-corrected chi connectivity index (χ0v) is 8.89. The minimum Gasteiger partial charge on any atom is -0.292 e. The molecule has 1 aliphatic carbocycles. The predicted molar refractivity (Wildman–Crippen MR) is 52.6 cm³/mol. The normalized spacial score (nSPS) is 33.8. The molecule has 1 nitrogen and oxygen atoms in total. The highest BCUT2D eigenvalue weighted by Crippen LogP contribution is 2.36. The Morgan fingerprint density at radius 1 is 1.00 bits per heavy atom. The highest BCUT2D eigenvalue weighted by atomic mass is 19.4. The van der Waals surface area contributed by atoms with Gasteiger partial charge in [-0.1, -0.05) is 12.8 Å². The molecule has 88 valence electrons. The number of hydrogen-bond donors (Lipinski definition) is 0. The average molecular weight is 221 g/mol. The van der Waals surface area contributed by atoms with Crippen molar-refractivity contribution in [2.75, 3.05) is 13.1 Å². The van der Waals surface area contributed by atoms with Crippen molar-refractivity contribution in [3.8, 4) is 0 Å². The first-order chi connectivity index (χ1) is 7.06. The van der Waals surface area contributed by atoms with Gasteiger partial charge in [0, 0.05) is 6.04 Å². The second-order valence-electron chi connectivity index (χ2n) is 4.84. The van der Waals surface area contributed by atoms with Crippen molar-refractivity contribution in [1.82, 2.24) is 4.90 Å². The summed E-state index contributed by atoms with van der Waals surface area (Å²) < 4.78 is 37.1. The van der Waals surface area contributed by atoms with Crippen LogP contribution in [-0.4, -0.2) is 30.2 Å². The molecule has 0 unspecified atom stereocenters. The van der Waals surface area contributed by atoms with Crippen molar-refractivity contribution in [1.29, 1.82) is 0 Å².